The normalized spacial score (nSPS) is 11.5. The number of para-hydroxylation sites is 4. The summed E-state index contributed by atoms with van der Waals surface area (Å²) in [5.74, 6) is 1.77. The van der Waals surface area contributed by atoms with Crippen LogP contribution in [0.25, 0.3) is 123 Å². The summed E-state index contributed by atoms with van der Waals surface area (Å²) < 4.78 is 4.77. The van der Waals surface area contributed by atoms with E-state index in [1.165, 1.54) is 27.1 Å². The Morgan fingerprint density at radius 2 is 0.618 bits per heavy atom. The van der Waals surface area contributed by atoms with Gasteiger partial charge in [-0.05, 0) is 76.3 Å². The Balaban J connectivity index is 1.08. The van der Waals surface area contributed by atoms with Crippen molar-refractivity contribution in [3.05, 3.63) is 249 Å². The summed E-state index contributed by atoms with van der Waals surface area (Å²) in [7, 11) is 0. The molecule has 318 valence electrons. The Morgan fingerprint density at radius 1 is 0.221 bits per heavy atom. The summed E-state index contributed by atoms with van der Waals surface area (Å²) in [5.41, 5.74) is 15.9. The summed E-state index contributed by atoms with van der Waals surface area (Å²) in [6, 6.07) is 88.2. The molecule has 0 atom stereocenters. The lowest BCUT2D eigenvalue weighted by molar-refractivity contribution is 1.06. The average Bonchev–Trinajstić information content (AvgIpc) is 3.94. The summed E-state index contributed by atoms with van der Waals surface area (Å²) in [5, 5.41) is 4.77. The van der Waals surface area contributed by atoms with Crippen LogP contribution in [0.2, 0.25) is 0 Å². The fourth-order valence-electron chi connectivity index (χ4n) is 10.0. The van der Waals surface area contributed by atoms with Crippen LogP contribution in [-0.4, -0.2) is 24.1 Å². The number of fused-ring (bicyclic) bond motifs is 6. The Labute approximate surface area is 393 Å². The van der Waals surface area contributed by atoms with Crippen molar-refractivity contribution in [2.45, 2.75) is 0 Å². The van der Waals surface area contributed by atoms with Crippen molar-refractivity contribution in [2.24, 2.45) is 0 Å². The third kappa shape index (κ3) is 6.68. The standard InChI is InChI=1S/C63H41N5/c1-4-19-42(20-5-1)45-25-18-26-47(39-45)49-37-35-48(41-60(49)68-57-33-16-12-29-52(57)53-30-13-17-34-58(53)68)62-64-61(44-23-8-3-9-24-44)65-63(66-62)54-40-46(43-21-6-2-7-22-43)36-38-59(54)67-55-31-14-10-27-50(55)51-28-11-15-32-56(51)67/h1-41H. The van der Waals surface area contributed by atoms with Crippen LogP contribution < -0.4 is 0 Å². The first kappa shape index (κ1) is 39.2. The van der Waals surface area contributed by atoms with Crippen LogP contribution in [0.3, 0.4) is 0 Å². The van der Waals surface area contributed by atoms with Gasteiger partial charge < -0.3 is 9.13 Å². The van der Waals surface area contributed by atoms with Crippen molar-refractivity contribution < 1.29 is 0 Å². The molecular weight excluding hydrogens is 827 g/mol. The quantitative estimate of drug-likeness (QED) is 0.153. The fourth-order valence-corrected chi connectivity index (χ4v) is 10.0. The molecule has 13 aromatic rings. The highest BCUT2D eigenvalue weighted by molar-refractivity contribution is 6.11. The molecule has 0 aliphatic heterocycles. The van der Waals surface area contributed by atoms with Crippen LogP contribution in [0.1, 0.15) is 0 Å². The number of hydrogen-bond acceptors (Lipinski definition) is 3. The molecule has 0 bridgehead atoms. The van der Waals surface area contributed by atoms with Crippen molar-refractivity contribution in [3.63, 3.8) is 0 Å². The van der Waals surface area contributed by atoms with Crippen molar-refractivity contribution in [1.82, 2.24) is 24.1 Å². The van der Waals surface area contributed by atoms with Gasteiger partial charge in [0.15, 0.2) is 17.5 Å². The van der Waals surface area contributed by atoms with Gasteiger partial charge in [-0.25, -0.2) is 15.0 Å². The number of aromatic nitrogens is 5. The second kappa shape index (κ2) is 16.4. The molecule has 68 heavy (non-hydrogen) atoms. The molecule has 0 saturated heterocycles. The molecule has 3 heterocycles. The predicted octanol–water partition coefficient (Wildman–Crippen LogP) is 16.1. The van der Waals surface area contributed by atoms with Gasteiger partial charge >= 0.3 is 0 Å². The molecule has 13 rings (SSSR count). The molecular formula is C63H41N5. The molecule has 5 nitrogen and oxygen atoms in total. The zero-order chi connectivity index (χ0) is 45.0. The van der Waals surface area contributed by atoms with Crippen molar-refractivity contribution in [2.75, 3.05) is 0 Å². The number of hydrogen-bond donors (Lipinski definition) is 0. The monoisotopic (exact) mass is 867 g/mol. The van der Waals surface area contributed by atoms with Crippen molar-refractivity contribution >= 4 is 43.6 Å². The van der Waals surface area contributed by atoms with Gasteiger partial charge in [0.05, 0.1) is 33.4 Å². The summed E-state index contributed by atoms with van der Waals surface area (Å²) in [6.07, 6.45) is 0. The van der Waals surface area contributed by atoms with Gasteiger partial charge in [-0.15, -0.1) is 0 Å². The van der Waals surface area contributed by atoms with Gasteiger partial charge in [0.1, 0.15) is 0 Å². The smallest absolute Gasteiger partial charge is 0.166 e. The summed E-state index contributed by atoms with van der Waals surface area (Å²) >= 11 is 0. The van der Waals surface area contributed by atoms with E-state index in [1.54, 1.807) is 0 Å². The van der Waals surface area contributed by atoms with Gasteiger partial charge in [-0.1, -0.05) is 200 Å². The minimum Gasteiger partial charge on any atom is -0.309 e. The van der Waals surface area contributed by atoms with Crippen molar-refractivity contribution in [3.8, 4) is 78.9 Å². The van der Waals surface area contributed by atoms with Gasteiger partial charge in [-0.2, -0.15) is 0 Å². The summed E-state index contributed by atoms with van der Waals surface area (Å²) in [4.78, 5) is 16.2. The highest BCUT2D eigenvalue weighted by atomic mass is 15.1. The first-order valence-electron chi connectivity index (χ1n) is 23.0. The zero-order valence-corrected chi connectivity index (χ0v) is 36.9. The molecule has 3 aromatic heterocycles. The summed E-state index contributed by atoms with van der Waals surface area (Å²) in [6.45, 7) is 0. The van der Waals surface area contributed by atoms with E-state index < -0.39 is 0 Å². The maximum Gasteiger partial charge on any atom is 0.166 e. The fraction of sp³-hybridized carbons (Fsp3) is 0. The minimum atomic E-state index is 0.582. The molecule has 5 heteroatoms. The van der Waals surface area contributed by atoms with E-state index in [-0.39, 0.29) is 0 Å². The average molecular weight is 868 g/mol. The SMILES string of the molecule is c1ccc(-c2cccc(-c3ccc(-c4nc(-c5ccccc5)nc(-c5cc(-c6ccccc6)ccc5-n5c6ccccc6c6ccccc65)n4)cc3-n3c4ccccc4c4ccccc43)c2)cc1. The predicted molar refractivity (Wildman–Crippen MR) is 281 cm³/mol. The Bertz CT molecular complexity index is 3910. The van der Waals surface area contributed by atoms with Gasteiger partial charge in [0, 0.05) is 43.8 Å². The Morgan fingerprint density at radius 3 is 1.16 bits per heavy atom. The maximum atomic E-state index is 5.52. The van der Waals surface area contributed by atoms with Crippen molar-refractivity contribution in [1.29, 1.82) is 0 Å². The zero-order valence-electron chi connectivity index (χ0n) is 36.9. The van der Waals surface area contributed by atoms with E-state index in [0.717, 1.165) is 77.9 Å². The van der Waals surface area contributed by atoms with Crippen LogP contribution in [-0.2, 0) is 0 Å². The van der Waals surface area contributed by atoms with Crippen LogP contribution >= 0.6 is 0 Å². The third-order valence-corrected chi connectivity index (χ3v) is 13.2. The van der Waals surface area contributed by atoms with E-state index in [2.05, 4.69) is 240 Å². The van der Waals surface area contributed by atoms with Gasteiger partial charge in [0.2, 0.25) is 0 Å². The molecule has 0 saturated carbocycles. The molecule has 0 unspecified atom stereocenters. The van der Waals surface area contributed by atoms with E-state index in [1.807, 2.05) is 18.2 Å². The highest BCUT2D eigenvalue weighted by Gasteiger charge is 2.22. The molecule has 0 spiro atoms. The molecule has 0 aliphatic rings. The van der Waals surface area contributed by atoms with Crippen LogP contribution in [0, 0.1) is 0 Å². The number of rotatable bonds is 8. The molecule has 0 N–H and O–H groups in total. The van der Waals surface area contributed by atoms with Gasteiger partial charge in [-0.3, -0.25) is 0 Å². The molecule has 0 fully saturated rings. The largest absolute Gasteiger partial charge is 0.309 e. The third-order valence-electron chi connectivity index (χ3n) is 13.2. The number of nitrogens with zero attached hydrogens (tertiary/aromatic N) is 5. The van der Waals surface area contributed by atoms with E-state index in [0.29, 0.717) is 17.5 Å². The molecule has 10 aromatic carbocycles. The first-order valence-corrected chi connectivity index (χ1v) is 23.0. The lowest BCUT2D eigenvalue weighted by atomic mass is 9.96. The van der Waals surface area contributed by atoms with E-state index >= 15 is 0 Å². The van der Waals surface area contributed by atoms with Crippen LogP contribution in [0.4, 0.5) is 0 Å². The van der Waals surface area contributed by atoms with Gasteiger partial charge in [0.25, 0.3) is 0 Å². The Hall–Kier alpha value is -9.19. The lowest BCUT2D eigenvalue weighted by Gasteiger charge is -2.18. The lowest BCUT2D eigenvalue weighted by Crippen LogP contribution is -2.05. The van der Waals surface area contributed by atoms with E-state index in [4.69, 9.17) is 15.0 Å². The molecule has 0 amide bonds. The Kier molecular flexibility index (Phi) is 9.43. The van der Waals surface area contributed by atoms with E-state index in [9.17, 15) is 0 Å². The minimum absolute atomic E-state index is 0.582. The second-order valence-electron chi connectivity index (χ2n) is 17.2. The first-order chi connectivity index (χ1) is 33.7. The maximum absolute atomic E-state index is 5.52. The highest BCUT2D eigenvalue weighted by Crippen LogP contribution is 2.41. The molecule has 0 radical (unpaired) electrons. The number of benzene rings is 10. The van der Waals surface area contributed by atoms with Crippen LogP contribution in [0.5, 0.6) is 0 Å². The van der Waals surface area contributed by atoms with Crippen LogP contribution in [0.15, 0.2) is 249 Å². The molecule has 0 aliphatic carbocycles. The second-order valence-corrected chi connectivity index (χ2v) is 17.2. The topological polar surface area (TPSA) is 48.5 Å².